The first-order valence-electron chi connectivity index (χ1n) is 6.43. The van der Waals surface area contributed by atoms with Gasteiger partial charge in [0, 0.05) is 18.7 Å². The molecular weight excluding hydrogens is 244 g/mol. The van der Waals surface area contributed by atoms with Crippen LogP contribution in [0.4, 0.5) is 5.69 Å². The molecule has 0 spiro atoms. The van der Waals surface area contributed by atoms with E-state index in [0.29, 0.717) is 36.5 Å². The molecule has 0 radical (unpaired) electrons. The standard InChI is InChI=1S/C14H20N2O3/c1-9-8-16(6-5-12(9)17)14(18)10-3-4-13(19-2)11(15)7-10/h3-4,7,9,12,17H,5-6,8,15H2,1-2H3. The Kier molecular flexibility index (Phi) is 3.95. The van der Waals surface area contributed by atoms with E-state index in [1.807, 2.05) is 6.92 Å². The molecule has 5 heteroatoms. The Morgan fingerprint density at radius 1 is 1.53 bits per heavy atom. The predicted octanol–water partition coefficient (Wildman–Crippen LogP) is 1.12. The van der Waals surface area contributed by atoms with E-state index in [2.05, 4.69) is 0 Å². The molecule has 0 bridgehead atoms. The van der Waals surface area contributed by atoms with Crippen molar-refractivity contribution < 1.29 is 14.6 Å². The number of aliphatic hydroxyl groups is 1. The number of benzene rings is 1. The number of carbonyl (C=O) groups is 1. The molecule has 2 rings (SSSR count). The molecule has 1 aliphatic rings. The number of likely N-dealkylation sites (tertiary alicyclic amines) is 1. The van der Waals surface area contributed by atoms with Gasteiger partial charge in [0.15, 0.2) is 0 Å². The van der Waals surface area contributed by atoms with Gasteiger partial charge in [0.2, 0.25) is 0 Å². The predicted molar refractivity (Wildman–Crippen MR) is 73.1 cm³/mol. The van der Waals surface area contributed by atoms with Gasteiger partial charge in [0.25, 0.3) is 5.91 Å². The fourth-order valence-electron chi connectivity index (χ4n) is 2.37. The van der Waals surface area contributed by atoms with E-state index in [1.54, 1.807) is 30.2 Å². The summed E-state index contributed by atoms with van der Waals surface area (Å²) in [6.07, 6.45) is 0.309. The van der Waals surface area contributed by atoms with E-state index < -0.39 is 0 Å². The average Bonchev–Trinajstić information content (AvgIpc) is 2.41. The van der Waals surface area contributed by atoms with Crippen molar-refractivity contribution in [2.75, 3.05) is 25.9 Å². The highest BCUT2D eigenvalue weighted by Gasteiger charge is 2.27. The van der Waals surface area contributed by atoms with Gasteiger partial charge in [0.05, 0.1) is 18.9 Å². The van der Waals surface area contributed by atoms with Gasteiger partial charge in [-0.25, -0.2) is 0 Å². The zero-order chi connectivity index (χ0) is 14.0. The molecule has 0 saturated carbocycles. The van der Waals surface area contributed by atoms with Crippen LogP contribution in [0.3, 0.4) is 0 Å². The van der Waals surface area contributed by atoms with Gasteiger partial charge in [0.1, 0.15) is 5.75 Å². The number of aliphatic hydroxyl groups excluding tert-OH is 1. The molecule has 1 heterocycles. The van der Waals surface area contributed by atoms with Gasteiger partial charge in [-0.1, -0.05) is 6.92 Å². The van der Waals surface area contributed by atoms with Crippen LogP contribution >= 0.6 is 0 Å². The third-order valence-corrected chi connectivity index (χ3v) is 3.62. The van der Waals surface area contributed by atoms with Crippen molar-refractivity contribution in [2.45, 2.75) is 19.4 Å². The van der Waals surface area contributed by atoms with Crippen LogP contribution in [0.25, 0.3) is 0 Å². The Bertz CT molecular complexity index is 476. The molecule has 1 aromatic carbocycles. The lowest BCUT2D eigenvalue weighted by atomic mass is 9.96. The Morgan fingerprint density at radius 3 is 2.84 bits per heavy atom. The Hall–Kier alpha value is -1.75. The van der Waals surface area contributed by atoms with Crippen LogP contribution in [0.5, 0.6) is 5.75 Å². The summed E-state index contributed by atoms with van der Waals surface area (Å²) in [7, 11) is 1.54. The van der Waals surface area contributed by atoms with Crippen LogP contribution in [0.15, 0.2) is 18.2 Å². The molecule has 1 fully saturated rings. The Morgan fingerprint density at radius 2 is 2.26 bits per heavy atom. The summed E-state index contributed by atoms with van der Waals surface area (Å²) in [4.78, 5) is 14.1. The topological polar surface area (TPSA) is 75.8 Å². The summed E-state index contributed by atoms with van der Waals surface area (Å²) in [6.45, 7) is 3.11. The van der Waals surface area contributed by atoms with E-state index in [-0.39, 0.29) is 17.9 Å². The maximum absolute atomic E-state index is 12.4. The normalized spacial score (nSPS) is 23.2. The summed E-state index contributed by atoms with van der Waals surface area (Å²) >= 11 is 0. The van der Waals surface area contributed by atoms with Crippen LogP contribution in [0, 0.1) is 5.92 Å². The van der Waals surface area contributed by atoms with Crippen molar-refractivity contribution in [1.82, 2.24) is 4.90 Å². The van der Waals surface area contributed by atoms with Gasteiger partial charge < -0.3 is 20.5 Å². The minimum atomic E-state index is -0.315. The minimum Gasteiger partial charge on any atom is -0.495 e. The number of nitrogens with two attached hydrogens (primary N) is 1. The van der Waals surface area contributed by atoms with Crippen molar-refractivity contribution in [3.05, 3.63) is 23.8 Å². The highest BCUT2D eigenvalue weighted by Crippen LogP contribution is 2.24. The van der Waals surface area contributed by atoms with Crippen LogP contribution in [-0.4, -0.2) is 42.2 Å². The smallest absolute Gasteiger partial charge is 0.253 e. The molecular formula is C14H20N2O3. The van der Waals surface area contributed by atoms with E-state index in [4.69, 9.17) is 10.5 Å². The number of anilines is 1. The molecule has 1 aliphatic heterocycles. The van der Waals surface area contributed by atoms with Gasteiger partial charge in [-0.2, -0.15) is 0 Å². The number of piperidine rings is 1. The number of ether oxygens (including phenoxy) is 1. The van der Waals surface area contributed by atoms with Crippen LogP contribution < -0.4 is 10.5 Å². The summed E-state index contributed by atoms with van der Waals surface area (Å²) in [6, 6.07) is 5.05. The fraction of sp³-hybridized carbons (Fsp3) is 0.500. The van der Waals surface area contributed by atoms with Crippen molar-refractivity contribution in [1.29, 1.82) is 0 Å². The molecule has 1 aromatic rings. The number of hydrogen-bond donors (Lipinski definition) is 2. The zero-order valence-electron chi connectivity index (χ0n) is 11.3. The molecule has 104 valence electrons. The first kappa shape index (κ1) is 13.7. The quantitative estimate of drug-likeness (QED) is 0.785. The molecule has 2 atom stereocenters. The van der Waals surface area contributed by atoms with Crippen molar-refractivity contribution in [3.63, 3.8) is 0 Å². The van der Waals surface area contributed by atoms with Gasteiger partial charge in [-0.15, -0.1) is 0 Å². The first-order valence-corrected chi connectivity index (χ1v) is 6.43. The minimum absolute atomic E-state index is 0.0481. The highest BCUT2D eigenvalue weighted by atomic mass is 16.5. The molecule has 0 aromatic heterocycles. The highest BCUT2D eigenvalue weighted by molar-refractivity contribution is 5.95. The molecule has 1 amide bonds. The number of methoxy groups -OCH3 is 1. The van der Waals surface area contributed by atoms with Crippen LogP contribution in [0.2, 0.25) is 0 Å². The lowest BCUT2D eigenvalue weighted by molar-refractivity contribution is 0.0297. The number of carbonyl (C=O) groups excluding carboxylic acids is 1. The molecule has 3 N–H and O–H groups in total. The number of nitrogens with zero attached hydrogens (tertiary/aromatic N) is 1. The number of nitrogen functional groups attached to an aromatic ring is 1. The lowest BCUT2D eigenvalue weighted by Gasteiger charge is -2.34. The molecule has 2 unspecified atom stereocenters. The van der Waals surface area contributed by atoms with E-state index in [0.717, 1.165) is 0 Å². The van der Waals surface area contributed by atoms with Gasteiger partial charge in [-0.3, -0.25) is 4.79 Å². The number of amides is 1. The van der Waals surface area contributed by atoms with Crippen molar-refractivity contribution >= 4 is 11.6 Å². The van der Waals surface area contributed by atoms with Crippen molar-refractivity contribution in [3.8, 4) is 5.75 Å². The lowest BCUT2D eigenvalue weighted by Crippen LogP contribution is -2.44. The largest absolute Gasteiger partial charge is 0.495 e. The SMILES string of the molecule is COc1ccc(C(=O)N2CCC(O)C(C)C2)cc1N. The monoisotopic (exact) mass is 264 g/mol. The summed E-state index contributed by atoms with van der Waals surface area (Å²) in [5.41, 5.74) is 6.83. The summed E-state index contributed by atoms with van der Waals surface area (Å²) in [5, 5.41) is 9.69. The van der Waals surface area contributed by atoms with E-state index >= 15 is 0 Å². The molecule has 5 nitrogen and oxygen atoms in total. The Balaban J connectivity index is 2.13. The Labute approximate surface area is 113 Å². The number of rotatable bonds is 2. The van der Waals surface area contributed by atoms with Gasteiger partial charge in [-0.05, 0) is 30.5 Å². The fourth-order valence-corrected chi connectivity index (χ4v) is 2.37. The third-order valence-electron chi connectivity index (χ3n) is 3.62. The number of hydrogen-bond acceptors (Lipinski definition) is 4. The van der Waals surface area contributed by atoms with E-state index in [9.17, 15) is 9.90 Å². The summed E-state index contributed by atoms with van der Waals surface area (Å²) < 4.78 is 5.07. The molecule has 19 heavy (non-hydrogen) atoms. The third kappa shape index (κ3) is 2.81. The maximum Gasteiger partial charge on any atom is 0.253 e. The first-order chi connectivity index (χ1) is 9.02. The van der Waals surface area contributed by atoms with Gasteiger partial charge >= 0.3 is 0 Å². The average molecular weight is 264 g/mol. The zero-order valence-corrected chi connectivity index (χ0v) is 11.3. The van der Waals surface area contributed by atoms with Crippen molar-refractivity contribution in [2.24, 2.45) is 5.92 Å². The second kappa shape index (κ2) is 5.48. The maximum atomic E-state index is 12.4. The van der Waals surface area contributed by atoms with E-state index in [1.165, 1.54) is 0 Å². The summed E-state index contributed by atoms with van der Waals surface area (Å²) in [5.74, 6) is 0.625. The van der Waals surface area contributed by atoms with Crippen LogP contribution in [0.1, 0.15) is 23.7 Å². The van der Waals surface area contributed by atoms with Crippen LogP contribution in [-0.2, 0) is 0 Å². The second-order valence-corrected chi connectivity index (χ2v) is 5.04. The molecule has 1 saturated heterocycles. The second-order valence-electron chi connectivity index (χ2n) is 5.04. The molecule has 0 aliphatic carbocycles.